The van der Waals surface area contributed by atoms with Gasteiger partial charge in [-0.1, -0.05) is 12.1 Å². The zero-order valence-corrected chi connectivity index (χ0v) is 14.1. The molecule has 1 N–H and O–H groups in total. The molecule has 2 heterocycles. The molecule has 0 fully saturated rings. The summed E-state index contributed by atoms with van der Waals surface area (Å²) in [6, 6.07) is 19.1. The van der Waals surface area contributed by atoms with Crippen molar-refractivity contribution in [1.82, 2.24) is 9.97 Å². The monoisotopic (exact) mass is 344 g/mol. The number of furan rings is 1. The van der Waals surface area contributed by atoms with Crippen LogP contribution in [0.15, 0.2) is 76.4 Å². The van der Waals surface area contributed by atoms with Crippen molar-refractivity contribution in [2.24, 2.45) is 5.10 Å². The van der Waals surface area contributed by atoms with Crippen LogP contribution in [0.2, 0.25) is 0 Å². The predicted molar refractivity (Wildman–Crippen MR) is 101 cm³/mol. The van der Waals surface area contributed by atoms with Crippen LogP contribution in [0.25, 0.3) is 22.3 Å². The van der Waals surface area contributed by atoms with E-state index in [9.17, 15) is 0 Å². The van der Waals surface area contributed by atoms with Crippen LogP contribution in [0.3, 0.4) is 0 Å². The normalized spacial score (nSPS) is 11.1. The van der Waals surface area contributed by atoms with Gasteiger partial charge in [-0.3, -0.25) is 5.43 Å². The average Bonchev–Trinajstić information content (AvgIpc) is 3.21. The van der Waals surface area contributed by atoms with Gasteiger partial charge in [-0.05, 0) is 48.5 Å². The number of anilines is 1. The summed E-state index contributed by atoms with van der Waals surface area (Å²) >= 11 is 0. The molecule has 6 heteroatoms. The molecule has 0 saturated carbocycles. The number of ether oxygens (including phenoxy) is 1. The maximum absolute atomic E-state index is 5.24. The highest BCUT2D eigenvalue weighted by molar-refractivity contribution is 5.91. The Morgan fingerprint density at radius 3 is 2.62 bits per heavy atom. The SMILES string of the molecule is COc1ccc(-c2nc(NN=Cc3ccco3)c3ccccc3n2)cc1. The van der Waals surface area contributed by atoms with Gasteiger partial charge >= 0.3 is 0 Å². The lowest BCUT2D eigenvalue weighted by Crippen LogP contribution is -1.99. The zero-order chi connectivity index (χ0) is 17.8. The lowest BCUT2D eigenvalue weighted by atomic mass is 10.2. The third-order valence-electron chi connectivity index (χ3n) is 3.86. The van der Waals surface area contributed by atoms with E-state index in [0.717, 1.165) is 22.2 Å². The van der Waals surface area contributed by atoms with Crippen LogP contribution >= 0.6 is 0 Å². The van der Waals surface area contributed by atoms with Crippen LogP contribution in [0.1, 0.15) is 5.76 Å². The number of nitrogens with zero attached hydrogens (tertiary/aromatic N) is 3. The van der Waals surface area contributed by atoms with E-state index in [1.165, 1.54) is 0 Å². The van der Waals surface area contributed by atoms with Gasteiger partial charge in [0, 0.05) is 10.9 Å². The lowest BCUT2D eigenvalue weighted by molar-refractivity contribution is 0.415. The van der Waals surface area contributed by atoms with Crippen molar-refractivity contribution in [2.45, 2.75) is 0 Å². The molecule has 4 rings (SSSR count). The van der Waals surface area contributed by atoms with Gasteiger partial charge in [0.25, 0.3) is 0 Å². The van der Waals surface area contributed by atoms with E-state index in [4.69, 9.17) is 9.15 Å². The number of fused-ring (bicyclic) bond motifs is 1. The number of hydrogen-bond acceptors (Lipinski definition) is 6. The molecule has 0 radical (unpaired) electrons. The average molecular weight is 344 g/mol. The minimum Gasteiger partial charge on any atom is -0.497 e. The first-order valence-corrected chi connectivity index (χ1v) is 8.07. The van der Waals surface area contributed by atoms with Crippen molar-refractivity contribution >= 4 is 22.9 Å². The Kier molecular flexibility index (Phi) is 4.30. The van der Waals surface area contributed by atoms with Crippen molar-refractivity contribution in [3.8, 4) is 17.1 Å². The highest BCUT2D eigenvalue weighted by Gasteiger charge is 2.09. The molecule has 0 aliphatic rings. The molecule has 2 aromatic carbocycles. The van der Waals surface area contributed by atoms with Gasteiger partial charge in [0.1, 0.15) is 11.5 Å². The number of benzene rings is 2. The molecule has 0 saturated heterocycles. The van der Waals surface area contributed by atoms with E-state index in [0.29, 0.717) is 17.4 Å². The molecular formula is C20H16N4O2. The highest BCUT2D eigenvalue weighted by atomic mass is 16.5. The van der Waals surface area contributed by atoms with Crippen LogP contribution in [-0.2, 0) is 0 Å². The van der Waals surface area contributed by atoms with Gasteiger partial charge in [0.2, 0.25) is 0 Å². The van der Waals surface area contributed by atoms with Gasteiger partial charge in [0.15, 0.2) is 11.6 Å². The zero-order valence-electron chi connectivity index (χ0n) is 14.1. The number of methoxy groups -OCH3 is 1. The lowest BCUT2D eigenvalue weighted by Gasteiger charge is -2.08. The molecule has 26 heavy (non-hydrogen) atoms. The van der Waals surface area contributed by atoms with E-state index >= 15 is 0 Å². The van der Waals surface area contributed by atoms with E-state index in [1.807, 2.05) is 60.7 Å². The first kappa shape index (κ1) is 15.8. The van der Waals surface area contributed by atoms with E-state index in [1.54, 1.807) is 19.6 Å². The maximum Gasteiger partial charge on any atom is 0.162 e. The van der Waals surface area contributed by atoms with Crippen molar-refractivity contribution in [1.29, 1.82) is 0 Å². The topological polar surface area (TPSA) is 72.5 Å². The standard InChI is InChI=1S/C20H16N4O2/c1-25-15-10-8-14(9-11-15)19-22-18-7-3-2-6-17(18)20(23-19)24-21-13-16-5-4-12-26-16/h2-13H,1H3,(H,22,23,24). The molecule has 4 aromatic rings. The summed E-state index contributed by atoms with van der Waals surface area (Å²) in [6.45, 7) is 0. The minimum atomic E-state index is 0.613. The van der Waals surface area contributed by atoms with Gasteiger partial charge < -0.3 is 9.15 Å². The number of para-hydroxylation sites is 1. The van der Waals surface area contributed by atoms with Crippen molar-refractivity contribution in [2.75, 3.05) is 12.5 Å². The molecule has 0 bridgehead atoms. The Balaban J connectivity index is 1.72. The molecule has 128 valence electrons. The third-order valence-corrected chi connectivity index (χ3v) is 3.86. The van der Waals surface area contributed by atoms with Crippen molar-refractivity contribution < 1.29 is 9.15 Å². The summed E-state index contributed by atoms with van der Waals surface area (Å²) in [7, 11) is 1.64. The third kappa shape index (κ3) is 3.25. The fourth-order valence-electron chi connectivity index (χ4n) is 2.55. The van der Waals surface area contributed by atoms with Crippen molar-refractivity contribution in [3.63, 3.8) is 0 Å². The molecule has 0 spiro atoms. The van der Waals surface area contributed by atoms with Gasteiger partial charge in [-0.15, -0.1) is 0 Å². The fourth-order valence-corrected chi connectivity index (χ4v) is 2.55. The van der Waals surface area contributed by atoms with E-state index in [2.05, 4.69) is 20.5 Å². The molecule has 2 aromatic heterocycles. The van der Waals surface area contributed by atoms with E-state index < -0.39 is 0 Å². The molecular weight excluding hydrogens is 328 g/mol. The molecule has 0 unspecified atom stereocenters. The Morgan fingerprint density at radius 1 is 1.00 bits per heavy atom. The summed E-state index contributed by atoms with van der Waals surface area (Å²) in [4.78, 5) is 9.30. The molecule has 6 nitrogen and oxygen atoms in total. The summed E-state index contributed by atoms with van der Waals surface area (Å²) in [5.74, 6) is 2.69. The quantitative estimate of drug-likeness (QED) is 0.430. The second-order valence-electron chi connectivity index (χ2n) is 5.53. The number of rotatable bonds is 5. The summed E-state index contributed by atoms with van der Waals surface area (Å²) < 4.78 is 10.4. The summed E-state index contributed by atoms with van der Waals surface area (Å²) in [5, 5.41) is 5.11. The van der Waals surface area contributed by atoms with Gasteiger partial charge in [-0.25, -0.2) is 9.97 Å². The van der Waals surface area contributed by atoms with Gasteiger partial charge in [-0.2, -0.15) is 5.10 Å². The number of hydrazone groups is 1. The molecule has 0 aliphatic carbocycles. The molecule has 0 atom stereocenters. The fraction of sp³-hybridized carbons (Fsp3) is 0.0500. The van der Waals surface area contributed by atoms with Crippen LogP contribution in [0, 0.1) is 0 Å². The molecule has 0 aliphatic heterocycles. The van der Waals surface area contributed by atoms with Gasteiger partial charge in [0.05, 0.1) is 25.1 Å². The number of hydrogen-bond donors (Lipinski definition) is 1. The summed E-state index contributed by atoms with van der Waals surface area (Å²) in [6.07, 6.45) is 3.20. The van der Waals surface area contributed by atoms with E-state index in [-0.39, 0.29) is 0 Å². The second-order valence-corrected chi connectivity index (χ2v) is 5.53. The summed E-state index contributed by atoms with van der Waals surface area (Å²) in [5.41, 5.74) is 4.73. The van der Waals surface area contributed by atoms with Crippen LogP contribution in [0.4, 0.5) is 5.82 Å². The maximum atomic E-state index is 5.24. The van der Waals surface area contributed by atoms with Crippen LogP contribution < -0.4 is 10.2 Å². The second kappa shape index (κ2) is 7.06. The largest absolute Gasteiger partial charge is 0.497 e. The Labute approximate surface area is 150 Å². The molecule has 0 amide bonds. The minimum absolute atomic E-state index is 0.613. The predicted octanol–water partition coefficient (Wildman–Crippen LogP) is 4.34. The smallest absolute Gasteiger partial charge is 0.162 e. The van der Waals surface area contributed by atoms with Crippen LogP contribution in [0.5, 0.6) is 5.75 Å². The number of nitrogens with one attached hydrogen (secondary N) is 1. The van der Waals surface area contributed by atoms with Crippen molar-refractivity contribution in [3.05, 3.63) is 72.7 Å². The number of aromatic nitrogens is 2. The Morgan fingerprint density at radius 2 is 1.85 bits per heavy atom. The Hall–Kier alpha value is -3.67. The first-order valence-electron chi connectivity index (χ1n) is 8.07. The van der Waals surface area contributed by atoms with Crippen LogP contribution in [-0.4, -0.2) is 23.3 Å². The highest BCUT2D eigenvalue weighted by Crippen LogP contribution is 2.26. The first-order chi connectivity index (χ1) is 12.8. The Bertz CT molecular complexity index is 1040.